The van der Waals surface area contributed by atoms with E-state index < -0.39 is 13.6 Å². The van der Waals surface area contributed by atoms with Gasteiger partial charge in [0.05, 0.1) is 5.54 Å². The predicted octanol–water partition coefficient (Wildman–Crippen LogP) is 4.00. The third kappa shape index (κ3) is 8.54. The summed E-state index contributed by atoms with van der Waals surface area (Å²) >= 11 is 0. The molecule has 7 nitrogen and oxygen atoms in total. The molecule has 0 aromatic rings. The highest BCUT2D eigenvalue weighted by molar-refractivity contribution is 7.59. The van der Waals surface area contributed by atoms with E-state index in [4.69, 9.17) is 9.85 Å². The van der Waals surface area contributed by atoms with E-state index in [2.05, 4.69) is 82.4 Å². The summed E-state index contributed by atoms with van der Waals surface area (Å²) in [7, 11) is 10.9. The number of rotatable bonds is 4. The first-order chi connectivity index (χ1) is 11.3. The van der Waals surface area contributed by atoms with Gasteiger partial charge in [0.1, 0.15) is 0 Å². The maximum atomic E-state index is 10.2. The molecule has 25 heavy (non-hydrogen) atoms. The summed E-state index contributed by atoms with van der Waals surface area (Å²) in [5.41, 5.74) is -0.0212. The fraction of sp³-hybridized carbons (Fsp3) is 0.941. The van der Waals surface area contributed by atoms with Crippen LogP contribution in [0.1, 0.15) is 52.9 Å². The summed E-state index contributed by atoms with van der Waals surface area (Å²) < 4.78 is 11.7. The number of carboxylic acid groups (broad SMARTS) is 1. The molecule has 0 radical (unpaired) electrons. The molecule has 1 fully saturated rings. The van der Waals surface area contributed by atoms with Crippen LogP contribution in [-0.2, 0) is 0 Å². The molecule has 2 N–H and O–H groups in total. The topological polar surface area (TPSA) is 71.4 Å². The van der Waals surface area contributed by atoms with Crippen molar-refractivity contribution in [2.45, 2.75) is 64.5 Å². The number of carbonyl (C=O) groups is 1. The molecule has 1 amide bonds. The molecule has 1 aliphatic carbocycles. The van der Waals surface area contributed by atoms with Crippen LogP contribution >= 0.6 is 7.51 Å². The molecule has 0 saturated heterocycles. The van der Waals surface area contributed by atoms with Gasteiger partial charge in [0.2, 0.25) is 0 Å². The fourth-order valence-electron chi connectivity index (χ4n) is 3.17. The van der Waals surface area contributed by atoms with Gasteiger partial charge in [-0.2, -0.15) is 0 Å². The highest BCUT2D eigenvalue weighted by atomic mass is 31.2. The van der Waals surface area contributed by atoms with Crippen molar-refractivity contribution in [1.29, 1.82) is 0 Å². The first kappa shape index (κ1) is 24.4. The normalized spacial score (nSPS) is 16.6. The molecule has 0 aromatic carbocycles. The van der Waals surface area contributed by atoms with Gasteiger partial charge in [-0.05, 0) is 75.9 Å². The maximum absolute atomic E-state index is 10.2. The Hall–Kier alpha value is -0.620. The predicted molar refractivity (Wildman–Crippen MR) is 108 cm³/mol. The second-order valence-corrected chi connectivity index (χ2v) is 11.8. The van der Waals surface area contributed by atoms with Gasteiger partial charge in [0.15, 0.2) is 7.51 Å². The summed E-state index contributed by atoms with van der Waals surface area (Å²) in [5.74, 6) is 0. The first-order valence-corrected chi connectivity index (χ1v) is 10.6. The van der Waals surface area contributed by atoms with E-state index in [1.165, 1.54) is 19.3 Å². The van der Waals surface area contributed by atoms with Crippen LogP contribution in [-0.4, -0.2) is 79.1 Å². The average molecular weight is 378 g/mol. The summed E-state index contributed by atoms with van der Waals surface area (Å²) in [5, 5.41) is 10.9. The lowest BCUT2D eigenvalue weighted by Crippen LogP contribution is -2.34. The van der Waals surface area contributed by atoms with Crippen molar-refractivity contribution in [3.63, 3.8) is 0 Å². The van der Waals surface area contributed by atoms with Gasteiger partial charge in [-0.3, -0.25) is 18.8 Å². The second kappa shape index (κ2) is 10.5. The zero-order chi connectivity index (χ0) is 19.8. The summed E-state index contributed by atoms with van der Waals surface area (Å²) in [6.07, 6.45) is 4.76. The molecule has 0 unspecified atom stereocenters. The van der Waals surface area contributed by atoms with Gasteiger partial charge in [-0.15, -0.1) is 0 Å². The van der Waals surface area contributed by atoms with Crippen LogP contribution in [0.4, 0.5) is 4.79 Å². The lowest BCUT2D eigenvalue weighted by Gasteiger charge is -2.43. The molecule has 8 heteroatoms. The SMILES string of the molecule is CN(C)P(=NC(C)(C)C)(N(C)C)N(C)C.O=C(O)NC1CCCCC1. The van der Waals surface area contributed by atoms with Gasteiger partial charge < -0.3 is 10.4 Å². The standard InChI is InChI=1S/C10H27N4P.C7H13NO2/c1-10(2,3)11-15(12(4)5,13(6)7)14(8)9;9-7(10)8-6-4-2-1-3-5-6/h1-9H3;6,8H,1-5H2,(H,9,10). The molecule has 0 spiro atoms. The first-order valence-electron chi connectivity index (χ1n) is 8.99. The van der Waals surface area contributed by atoms with Gasteiger partial charge in [0.25, 0.3) is 0 Å². The van der Waals surface area contributed by atoms with Crippen molar-refractivity contribution in [2.75, 3.05) is 42.3 Å². The number of hydrogen-bond donors (Lipinski definition) is 2. The third-order valence-corrected chi connectivity index (χ3v) is 8.07. The molecule has 0 bridgehead atoms. The van der Waals surface area contributed by atoms with E-state index in [0.29, 0.717) is 0 Å². The number of hydrogen-bond acceptors (Lipinski definition) is 2. The van der Waals surface area contributed by atoms with Gasteiger partial charge in [-0.25, -0.2) is 4.79 Å². The van der Waals surface area contributed by atoms with Crippen molar-refractivity contribution in [3.05, 3.63) is 0 Å². The highest BCUT2D eigenvalue weighted by Gasteiger charge is 2.30. The molecule has 0 heterocycles. The molecular formula is C17H40N5O2P. The van der Waals surface area contributed by atoms with Crippen LogP contribution in [0.25, 0.3) is 0 Å². The lowest BCUT2D eigenvalue weighted by molar-refractivity contribution is 0.186. The van der Waals surface area contributed by atoms with Crippen molar-refractivity contribution in [3.8, 4) is 0 Å². The number of nitrogens with zero attached hydrogens (tertiary/aromatic N) is 4. The largest absolute Gasteiger partial charge is 0.465 e. The highest BCUT2D eigenvalue weighted by Crippen LogP contribution is 2.56. The van der Waals surface area contributed by atoms with E-state index in [1.807, 2.05) is 0 Å². The molecule has 1 rings (SSSR count). The van der Waals surface area contributed by atoms with Crippen LogP contribution in [0, 0.1) is 0 Å². The van der Waals surface area contributed by atoms with Crippen molar-refractivity contribution < 1.29 is 9.90 Å². The Kier molecular flexibility index (Phi) is 10.2. The van der Waals surface area contributed by atoms with E-state index in [1.54, 1.807) is 0 Å². The van der Waals surface area contributed by atoms with Gasteiger partial charge >= 0.3 is 6.09 Å². The van der Waals surface area contributed by atoms with Crippen LogP contribution in [0.3, 0.4) is 0 Å². The van der Waals surface area contributed by atoms with Gasteiger partial charge in [-0.1, -0.05) is 19.3 Å². The molecule has 0 aliphatic heterocycles. The summed E-state index contributed by atoms with van der Waals surface area (Å²) in [4.78, 5) is 10.2. The van der Waals surface area contributed by atoms with Crippen molar-refractivity contribution in [1.82, 2.24) is 19.3 Å². The fourth-order valence-corrected chi connectivity index (χ4v) is 6.65. The Balaban J connectivity index is 0.000000496. The Labute approximate surface area is 155 Å². The Morgan fingerprint density at radius 1 is 0.960 bits per heavy atom. The van der Waals surface area contributed by atoms with Crippen LogP contribution in [0.2, 0.25) is 0 Å². The lowest BCUT2D eigenvalue weighted by atomic mass is 9.96. The molecule has 150 valence electrons. The number of nitrogens with one attached hydrogen (secondary N) is 1. The Bertz CT molecular complexity index is 424. The summed E-state index contributed by atoms with van der Waals surface area (Å²) in [6, 6.07) is 0.228. The monoisotopic (exact) mass is 377 g/mol. The van der Waals surface area contributed by atoms with Crippen LogP contribution < -0.4 is 5.32 Å². The molecule has 1 saturated carbocycles. The third-order valence-electron chi connectivity index (χ3n) is 3.98. The van der Waals surface area contributed by atoms with E-state index >= 15 is 0 Å². The average Bonchev–Trinajstić information content (AvgIpc) is 2.43. The van der Waals surface area contributed by atoms with Crippen molar-refractivity contribution in [2.24, 2.45) is 4.74 Å². The Morgan fingerprint density at radius 2 is 1.36 bits per heavy atom. The molecule has 1 aliphatic rings. The number of amides is 1. The minimum absolute atomic E-state index is 0.0212. The van der Waals surface area contributed by atoms with Gasteiger partial charge in [0, 0.05) is 6.04 Å². The maximum Gasteiger partial charge on any atom is 0.404 e. The van der Waals surface area contributed by atoms with Crippen LogP contribution in [0.5, 0.6) is 0 Å². The minimum Gasteiger partial charge on any atom is -0.465 e. The van der Waals surface area contributed by atoms with E-state index in [9.17, 15) is 4.79 Å². The summed E-state index contributed by atoms with van der Waals surface area (Å²) in [6.45, 7) is 6.45. The van der Waals surface area contributed by atoms with E-state index in [0.717, 1.165) is 12.8 Å². The second-order valence-electron chi connectivity index (χ2n) is 8.13. The minimum atomic E-state index is -1.71. The zero-order valence-electron chi connectivity index (χ0n) is 17.7. The molecular weight excluding hydrogens is 337 g/mol. The molecule has 0 aromatic heterocycles. The molecule has 0 atom stereocenters. The Morgan fingerprint density at radius 3 is 1.60 bits per heavy atom. The zero-order valence-corrected chi connectivity index (χ0v) is 18.6. The smallest absolute Gasteiger partial charge is 0.404 e. The van der Waals surface area contributed by atoms with E-state index in [-0.39, 0.29) is 11.6 Å². The quantitative estimate of drug-likeness (QED) is 0.725. The van der Waals surface area contributed by atoms with Crippen LogP contribution in [0.15, 0.2) is 4.74 Å². The van der Waals surface area contributed by atoms with Crippen molar-refractivity contribution >= 4 is 13.6 Å².